The number of anilines is 1. The van der Waals surface area contributed by atoms with Crippen LogP contribution in [0.5, 0.6) is 0 Å². The van der Waals surface area contributed by atoms with E-state index in [1.165, 1.54) is 0 Å². The Morgan fingerprint density at radius 2 is 1.91 bits per heavy atom. The fraction of sp³-hybridized carbons (Fsp3) is 0.385. The van der Waals surface area contributed by atoms with E-state index < -0.39 is 26.3 Å². The summed E-state index contributed by atoms with van der Waals surface area (Å²) in [7, 11) is -2.42. The molecule has 1 unspecified atom stereocenters. The highest BCUT2D eigenvalue weighted by atomic mass is 31.2. The monoisotopic (exact) mass is 331 g/mol. The molecule has 0 bridgehead atoms. The number of hydroxylamine groups is 1. The van der Waals surface area contributed by atoms with Gasteiger partial charge in [0.15, 0.2) is 6.54 Å². The standard InChI is InChI=1S/C13H18NO7P/c1-3-9-22(18,19-2)21-13(17)20-14(10-12(15)16)11-7-5-4-6-8-11/h4-8H,3,9-10H2,1-2H3,(H,15,16). The molecule has 22 heavy (non-hydrogen) atoms. The van der Waals surface area contributed by atoms with Gasteiger partial charge in [0.05, 0.1) is 11.8 Å². The van der Waals surface area contributed by atoms with Crippen molar-refractivity contribution in [1.82, 2.24) is 0 Å². The molecule has 0 radical (unpaired) electrons. The van der Waals surface area contributed by atoms with Gasteiger partial charge >= 0.3 is 19.7 Å². The quantitative estimate of drug-likeness (QED) is 0.573. The summed E-state index contributed by atoms with van der Waals surface area (Å²) < 4.78 is 21.5. The van der Waals surface area contributed by atoms with Crippen LogP contribution in [0.2, 0.25) is 0 Å². The number of hydrogen-bond acceptors (Lipinski definition) is 7. The van der Waals surface area contributed by atoms with Gasteiger partial charge in [0.1, 0.15) is 0 Å². The van der Waals surface area contributed by atoms with E-state index >= 15 is 0 Å². The first-order valence-corrected chi connectivity index (χ1v) is 8.23. The largest absolute Gasteiger partial charge is 0.540 e. The van der Waals surface area contributed by atoms with Gasteiger partial charge < -0.3 is 19.0 Å². The fourth-order valence-corrected chi connectivity index (χ4v) is 2.72. The SMILES string of the molecule is CCCP(=O)(OC)OC(=O)ON(CC(=O)O)c1ccccc1. The lowest BCUT2D eigenvalue weighted by Gasteiger charge is -2.22. The second kappa shape index (κ2) is 8.41. The molecular weight excluding hydrogens is 313 g/mol. The topological polar surface area (TPSA) is 102 Å². The van der Waals surface area contributed by atoms with Crippen molar-refractivity contribution in [1.29, 1.82) is 0 Å². The van der Waals surface area contributed by atoms with Crippen molar-refractivity contribution >= 4 is 25.4 Å². The molecule has 0 amide bonds. The zero-order valence-electron chi connectivity index (χ0n) is 12.3. The number of carboxylic acids is 1. The summed E-state index contributed by atoms with van der Waals surface area (Å²) in [5, 5.41) is 9.70. The molecule has 0 saturated heterocycles. The van der Waals surface area contributed by atoms with E-state index in [1.54, 1.807) is 37.3 Å². The lowest BCUT2D eigenvalue weighted by Crippen LogP contribution is -2.32. The van der Waals surface area contributed by atoms with Crippen LogP contribution < -0.4 is 5.06 Å². The molecular formula is C13H18NO7P. The van der Waals surface area contributed by atoms with Crippen LogP contribution in [-0.2, 0) is 23.2 Å². The maximum Gasteiger partial charge on any atom is 0.540 e. The molecule has 1 aromatic rings. The van der Waals surface area contributed by atoms with Crippen molar-refractivity contribution in [3.8, 4) is 0 Å². The number of rotatable bonds is 8. The maximum absolute atomic E-state index is 12.1. The van der Waals surface area contributed by atoms with Crippen LogP contribution in [0.3, 0.4) is 0 Å². The normalized spacial score (nSPS) is 13.0. The number of carbonyl (C=O) groups excluding carboxylic acids is 1. The Bertz CT molecular complexity index is 549. The molecule has 0 aliphatic rings. The number of carboxylic acid groups (broad SMARTS) is 1. The van der Waals surface area contributed by atoms with Crippen molar-refractivity contribution in [3.63, 3.8) is 0 Å². The highest BCUT2D eigenvalue weighted by Crippen LogP contribution is 2.48. The van der Waals surface area contributed by atoms with Gasteiger partial charge in [-0.15, -0.1) is 0 Å². The second-order valence-corrected chi connectivity index (χ2v) is 6.43. The molecule has 122 valence electrons. The average molecular weight is 331 g/mol. The fourth-order valence-electron chi connectivity index (χ4n) is 1.56. The number of carbonyl (C=O) groups is 2. The molecule has 0 heterocycles. The minimum absolute atomic E-state index is 0.0445. The first-order chi connectivity index (χ1) is 10.4. The van der Waals surface area contributed by atoms with Crippen molar-refractivity contribution < 1.29 is 33.1 Å². The third-order valence-corrected chi connectivity index (χ3v) is 4.48. The third-order valence-electron chi connectivity index (χ3n) is 2.50. The molecule has 1 N–H and O–H groups in total. The van der Waals surface area contributed by atoms with E-state index in [9.17, 15) is 14.2 Å². The lowest BCUT2D eigenvalue weighted by atomic mass is 10.3. The van der Waals surface area contributed by atoms with Crippen LogP contribution in [0.1, 0.15) is 13.3 Å². The highest BCUT2D eigenvalue weighted by Gasteiger charge is 2.29. The molecule has 9 heteroatoms. The van der Waals surface area contributed by atoms with Crippen LogP contribution in [0.25, 0.3) is 0 Å². The van der Waals surface area contributed by atoms with Crippen LogP contribution in [0.4, 0.5) is 10.5 Å². The summed E-state index contributed by atoms with van der Waals surface area (Å²) in [4.78, 5) is 27.4. The lowest BCUT2D eigenvalue weighted by molar-refractivity contribution is -0.136. The molecule has 0 saturated carbocycles. The van der Waals surface area contributed by atoms with Gasteiger partial charge in [0.25, 0.3) is 0 Å². The van der Waals surface area contributed by atoms with E-state index in [0.29, 0.717) is 12.1 Å². The van der Waals surface area contributed by atoms with Crippen molar-refractivity contribution in [2.24, 2.45) is 0 Å². The summed E-state index contributed by atoms with van der Waals surface area (Å²) >= 11 is 0. The van der Waals surface area contributed by atoms with Crippen molar-refractivity contribution in [2.45, 2.75) is 13.3 Å². The van der Waals surface area contributed by atoms with Crippen molar-refractivity contribution in [2.75, 3.05) is 24.9 Å². The Hall–Kier alpha value is -2.05. The van der Waals surface area contributed by atoms with E-state index in [1.807, 2.05) is 0 Å². The second-order valence-electron chi connectivity index (χ2n) is 4.22. The van der Waals surface area contributed by atoms with E-state index in [0.717, 1.165) is 12.2 Å². The average Bonchev–Trinajstić information content (AvgIpc) is 2.47. The third kappa shape index (κ3) is 5.75. The predicted molar refractivity (Wildman–Crippen MR) is 78.8 cm³/mol. The number of hydrogen-bond donors (Lipinski definition) is 1. The summed E-state index contributed by atoms with van der Waals surface area (Å²) in [6.07, 6.45) is -0.762. The molecule has 1 rings (SSSR count). The molecule has 0 fully saturated rings. The Balaban J connectivity index is 2.79. The Kier molecular flexibility index (Phi) is 6.88. The molecule has 0 aliphatic carbocycles. The van der Waals surface area contributed by atoms with Crippen LogP contribution in [0, 0.1) is 0 Å². The first-order valence-electron chi connectivity index (χ1n) is 6.51. The molecule has 8 nitrogen and oxygen atoms in total. The zero-order chi connectivity index (χ0) is 16.6. The van der Waals surface area contributed by atoms with E-state index in [2.05, 4.69) is 0 Å². The number of benzene rings is 1. The van der Waals surface area contributed by atoms with Gasteiger partial charge in [0, 0.05) is 7.11 Å². The summed E-state index contributed by atoms with van der Waals surface area (Å²) in [5.74, 6) is -1.21. The minimum Gasteiger partial charge on any atom is -0.480 e. The molecule has 0 aromatic heterocycles. The molecule has 1 aromatic carbocycles. The predicted octanol–water partition coefficient (Wildman–Crippen LogP) is 2.90. The van der Waals surface area contributed by atoms with Crippen molar-refractivity contribution in [3.05, 3.63) is 30.3 Å². The number of aliphatic carboxylic acids is 1. The Labute approximate surface area is 128 Å². The summed E-state index contributed by atoms with van der Waals surface area (Å²) in [5.41, 5.74) is 0.338. The molecule has 0 spiro atoms. The number of para-hydroxylation sites is 1. The minimum atomic E-state index is -3.59. The van der Waals surface area contributed by atoms with E-state index in [4.69, 9.17) is 19.0 Å². The van der Waals surface area contributed by atoms with Gasteiger partial charge in [0.2, 0.25) is 0 Å². The van der Waals surface area contributed by atoms with Gasteiger partial charge in [-0.05, 0) is 18.6 Å². The number of nitrogens with zero attached hydrogens (tertiary/aromatic N) is 1. The first kappa shape index (κ1) is 18.0. The Morgan fingerprint density at radius 3 is 2.41 bits per heavy atom. The van der Waals surface area contributed by atoms with Crippen LogP contribution >= 0.6 is 7.60 Å². The van der Waals surface area contributed by atoms with Crippen LogP contribution in [0.15, 0.2) is 30.3 Å². The zero-order valence-corrected chi connectivity index (χ0v) is 13.2. The highest BCUT2D eigenvalue weighted by molar-refractivity contribution is 7.54. The van der Waals surface area contributed by atoms with Gasteiger partial charge in [-0.2, -0.15) is 5.06 Å². The van der Waals surface area contributed by atoms with Gasteiger partial charge in [-0.3, -0.25) is 4.79 Å². The molecule has 0 aliphatic heterocycles. The van der Waals surface area contributed by atoms with Gasteiger partial charge in [-0.1, -0.05) is 25.1 Å². The van der Waals surface area contributed by atoms with Gasteiger partial charge in [-0.25, -0.2) is 9.36 Å². The summed E-state index contributed by atoms with van der Waals surface area (Å²) in [6, 6.07) is 8.13. The van der Waals surface area contributed by atoms with E-state index in [-0.39, 0.29) is 6.16 Å². The molecule has 1 atom stereocenters. The maximum atomic E-state index is 12.1. The Morgan fingerprint density at radius 1 is 1.27 bits per heavy atom. The smallest absolute Gasteiger partial charge is 0.480 e. The summed E-state index contributed by atoms with van der Waals surface area (Å²) in [6.45, 7) is 1.16. The van der Waals surface area contributed by atoms with Crippen LogP contribution in [-0.4, -0.2) is 37.0 Å².